The number of hydrogen-bond donors (Lipinski definition) is 2. The molecule has 0 atom stereocenters. The average molecular weight is 200 g/mol. The first kappa shape index (κ1) is 8.68. The maximum Gasteiger partial charge on any atom is 0.184 e. The molecule has 0 saturated heterocycles. The number of benzene rings is 1. The average Bonchev–Trinajstić information content (AvgIpc) is 2.87. The van der Waals surface area contributed by atoms with E-state index in [2.05, 4.69) is 4.98 Å². The van der Waals surface area contributed by atoms with E-state index in [0.29, 0.717) is 0 Å². The second-order valence-electron chi connectivity index (χ2n) is 4.23. The smallest absolute Gasteiger partial charge is 0.184 e. The van der Waals surface area contributed by atoms with Gasteiger partial charge in [-0.1, -0.05) is 18.2 Å². The molecule has 1 aromatic heterocycles. The maximum atomic E-state index is 12.1. The highest BCUT2D eigenvalue weighted by Gasteiger charge is 2.46. The van der Waals surface area contributed by atoms with Gasteiger partial charge in [0.05, 0.1) is 5.54 Å². The van der Waals surface area contributed by atoms with Crippen LogP contribution in [0.5, 0.6) is 0 Å². The number of carbonyl (C=O) groups is 1. The van der Waals surface area contributed by atoms with Crippen LogP contribution in [-0.4, -0.2) is 16.3 Å². The van der Waals surface area contributed by atoms with Crippen molar-refractivity contribution in [2.45, 2.75) is 18.4 Å². The van der Waals surface area contributed by atoms with Crippen molar-refractivity contribution in [3.05, 3.63) is 36.0 Å². The topological polar surface area (TPSA) is 58.9 Å². The van der Waals surface area contributed by atoms with E-state index in [1.807, 2.05) is 24.3 Å². The molecule has 15 heavy (non-hydrogen) atoms. The minimum atomic E-state index is -0.578. The molecule has 0 radical (unpaired) electrons. The number of nitrogens with one attached hydrogen (secondary N) is 1. The summed E-state index contributed by atoms with van der Waals surface area (Å²) in [4.78, 5) is 15.2. The summed E-state index contributed by atoms with van der Waals surface area (Å²) in [6.45, 7) is 0. The van der Waals surface area contributed by atoms with Gasteiger partial charge in [0.25, 0.3) is 0 Å². The summed E-state index contributed by atoms with van der Waals surface area (Å²) in [5, 5.41) is 0.972. The predicted molar refractivity (Wildman–Crippen MR) is 58.8 cm³/mol. The van der Waals surface area contributed by atoms with Gasteiger partial charge in [-0.3, -0.25) is 4.79 Å². The van der Waals surface area contributed by atoms with Crippen molar-refractivity contribution in [3.8, 4) is 0 Å². The number of rotatable bonds is 2. The lowest BCUT2D eigenvalue weighted by Crippen LogP contribution is -2.32. The summed E-state index contributed by atoms with van der Waals surface area (Å²) < 4.78 is 0. The number of aromatic amines is 1. The molecule has 1 fully saturated rings. The lowest BCUT2D eigenvalue weighted by Gasteiger charge is -2.05. The summed E-state index contributed by atoms with van der Waals surface area (Å²) in [6, 6.07) is 7.79. The van der Waals surface area contributed by atoms with Crippen LogP contribution >= 0.6 is 0 Å². The van der Waals surface area contributed by atoms with Crippen LogP contribution < -0.4 is 5.73 Å². The van der Waals surface area contributed by atoms with Gasteiger partial charge in [-0.2, -0.15) is 0 Å². The Hall–Kier alpha value is -1.61. The standard InChI is InChI=1S/C12H12N2O/c13-12(5-6-12)11(15)9-7-14-10-4-2-1-3-8(9)10/h1-4,7,14H,5-6,13H2. The third-order valence-electron chi connectivity index (χ3n) is 3.07. The molecule has 3 N–H and O–H groups in total. The summed E-state index contributed by atoms with van der Waals surface area (Å²) >= 11 is 0. The molecule has 1 saturated carbocycles. The molecule has 1 aliphatic rings. The molecule has 0 unspecified atom stereocenters. The van der Waals surface area contributed by atoms with Crippen molar-refractivity contribution in [3.63, 3.8) is 0 Å². The summed E-state index contributed by atoms with van der Waals surface area (Å²) in [5.74, 6) is 0.0694. The molecule has 2 aromatic rings. The Morgan fingerprint density at radius 1 is 1.33 bits per heavy atom. The first-order valence-corrected chi connectivity index (χ1v) is 5.10. The minimum absolute atomic E-state index is 0.0694. The van der Waals surface area contributed by atoms with Gasteiger partial charge in [0.2, 0.25) is 0 Å². The molecule has 3 rings (SSSR count). The number of aromatic nitrogens is 1. The summed E-state index contributed by atoms with van der Waals surface area (Å²) in [5.41, 5.74) is 7.05. The molecule has 3 nitrogen and oxygen atoms in total. The molecule has 1 heterocycles. The number of H-pyrrole nitrogens is 1. The molecule has 1 aliphatic carbocycles. The number of fused-ring (bicyclic) bond motifs is 1. The fourth-order valence-electron chi connectivity index (χ4n) is 1.89. The second kappa shape index (κ2) is 2.70. The molecular weight excluding hydrogens is 188 g/mol. The highest BCUT2D eigenvalue weighted by molar-refractivity contribution is 6.13. The highest BCUT2D eigenvalue weighted by atomic mass is 16.1. The van der Waals surface area contributed by atoms with Crippen molar-refractivity contribution in [2.75, 3.05) is 0 Å². The van der Waals surface area contributed by atoms with Gasteiger partial charge in [-0.15, -0.1) is 0 Å². The quantitative estimate of drug-likeness (QED) is 0.727. The van der Waals surface area contributed by atoms with Crippen molar-refractivity contribution in [1.82, 2.24) is 4.98 Å². The molecule has 0 bridgehead atoms. The number of nitrogens with two attached hydrogens (primary N) is 1. The second-order valence-corrected chi connectivity index (χ2v) is 4.23. The number of para-hydroxylation sites is 1. The van der Waals surface area contributed by atoms with Crippen molar-refractivity contribution < 1.29 is 4.79 Å². The molecule has 0 amide bonds. The van der Waals surface area contributed by atoms with Crippen LogP contribution in [0.15, 0.2) is 30.5 Å². The van der Waals surface area contributed by atoms with Gasteiger partial charge >= 0.3 is 0 Å². The lowest BCUT2D eigenvalue weighted by atomic mass is 10.0. The number of Topliss-reactive ketones (excluding diaryl/α,β-unsaturated/α-hetero) is 1. The van der Waals surface area contributed by atoms with Gasteiger partial charge in [-0.05, 0) is 18.9 Å². The van der Waals surface area contributed by atoms with Gasteiger partial charge in [0, 0.05) is 22.7 Å². The van der Waals surface area contributed by atoms with E-state index in [-0.39, 0.29) is 5.78 Å². The van der Waals surface area contributed by atoms with E-state index >= 15 is 0 Å². The lowest BCUT2D eigenvalue weighted by molar-refractivity contribution is 0.0951. The Morgan fingerprint density at radius 2 is 2.07 bits per heavy atom. The van der Waals surface area contributed by atoms with Crippen molar-refractivity contribution in [2.24, 2.45) is 5.73 Å². The van der Waals surface area contributed by atoms with Crippen LogP contribution in [-0.2, 0) is 0 Å². The normalized spacial score (nSPS) is 17.9. The molecule has 3 heteroatoms. The van der Waals surface area contributed by atoms with E-state index in [1.165, 1.54) is 0 Å². The zero-order chi connectivity index (χ0) is 10.5. The van der Waals surface area contributed by atoms with E-state index in [0.717, 1.165) is 29.3 Å². The monoisotopic (exact) mass is 200 g/mol. The summed E-state index contributed by atoms with van der Waals surface area (Å²) in [6.07, 6.45) is 3.39. The number of ketones is 1. The van der Waals surface area contributed by atoms with Crippen LogP contribution in [0.4, 0.5) is 0 Å². The molecule has 76 valence electrons. The van der Waals surface area contributed by atoms with E-state index < -0.39 is 5.54 Å². The maximum absolute atomic E-state index is 12.1. The predicted octanol–water partition coefficient (Wildman–Crippen LogP) is 1.84. The highest BCUT2D eigenvalue weighted by Crippen LogP contribution is 2.37. The Kier molecular flexibility index (Phi) is 1.56. The minimum Gasteiger partial charge on any atom is -0.360 e. The SMILES string of the molecule is NC1(C(=O)c2c[nH]c3ccccc23)CC1. The van der Waals surface area contributed by atoms with Crippen LogP contribution in [0, 0.1) is 0 Å². The van der Waals surface area contributed by atoms with E-state index in [9.17, 15) is 4.79 Å². The third-order valence-corrected chi connectivity index (χ3v) is 3.07. The van der Waals surface area contributed by atoms with Crippen LogP contribution in [0.25, 0.3) is 10.9 Å². The fourth-order valence-corrected chi connectivity index (χ4v) is 1.89. The molecule has 0 spiro atoms. The fraction of sp³-hybridized carbons (Fsp3) is 0.250. The first-order valence-electron chi connectivity index (χ1n) is 5.10. The largest absolute Gasteiger partial charge is 0.360 e. The zero-order valence-electron chi connectivity index (χ0n) is 8.29. The van der Waals surface area contributed by atoms with Crippen LogP contribution in [0.3, 0.4) is 0 Å². The first-order chi connectivity index (χ1) is 7.21. The van der Waals surface area contributed by atoms with Gasteiger partial charge < -0.3 is 10.7 Å². The van der Waals surface area contributed by atoms with E-state index in [4.69, 9.17) is 5.73 Å². The Bertz CT molecular complexity index is 537. The van der Waals surface area contributed by atoms with Crippen LogP contribution in [0.2, 0.25) is 0 Å². The van der Waals surface area contributed by atoms with Gasteiger partial charge in [0.1, 0.15) is 0 Å². The van der Waals surface area contributed by atoms with Crippen LogP contribution in [0.1, 0.15) is 23.2 Å². The molecule has 0 aliphatic heterocycles. The Morgan fingerprint density at radius 3 is 2.80 bits per heavy atom. The van der Waals surface area contributed by atoms with E-state index in [1.54, 1.807) is 6.20 Å². The van der Waals surface area contributed by atoms with Gasteiger partial charge in [-0.25, -0.2) is 0 Å². The third kappa shape index (κ3) is 1.20. The molecule has 1 aromatic carbocycles. The van der Waals surface area contributed by atoms with Gasteiger partial charge in [0.15, 0.2) is 5.78 Å². The molecular formula is C12H12N2O. The summed E-state index contributed by atoms with van der Waals surface area (Å²) in [7, 11) is 0. The van der Waals surface area contributed by atoms with Crippen molar-refractivity contribution >= 4 is 16.7 Å². The zero-order valence-corrected chi connectivity index (χ0v) is 8.29. The number of hydrogen-bond acceptors (Lipinski definition) is 2. The Labute approximate surface area is 87.3 Å². The Balaban J connectivity index is 2.15. The number of carbonyl (C=O) groups excluding carboxylic acids is 1. The van der Waals surface area contributed by atoms with Crippen molar-refractivity contribution in [1.29, 1.82) is 0 Å².